The van der Waals surface area contributed by atoms with Crippen LogP contribution in [0.25, 0.3) is 0 Å². The number of aryl methyl sites for hydroxylation is 1. The van der Waals surface area contributed by atoms with Crippen molar-refractivity contribution in [3.63, 3.8) is 0 Å². The lowest BCUT2D eigenvalue weighted by atomic mass is 9.99. The standard InChI is InChI=1S/C18H24N4O/c1-2-6-15(7-3-1)8-4-5-10-21-11-9-17-18(13-21)23-14-16-12-19-20-22(16)17/h1-3,6-7,12,17-18H,4-5,8-11,13-14H2/t17-,18-/m0/s1. The smallest absolute Gasteiger partial charge is 0.0932 e. The third-order valence-electron chi connectivity index (χ3n) is 5.05. The van der Waals surface area contributed by atoms with Gasteiger partial charge in [0.25, 0.3) is 0 Å². The molecule has 23 heavy (non-hydrogen) atoms. The average Bonchev–Trinajstić information content (AvgIpc) is 3.08. The third-order valence-corrected chi connectivity index (χ3v) is 5.05. The molecular formula is C18H24N4O. The topological polar surface area (TPSA) is 43.2 Å². The summed E-state index contributed by atoms with van der Waals surface area (Å²) in [5, 5.41) is 8.27. The second-order valence-corrected chi connectivity index (χ2v) is 6.62. The third kappa shape index (κ3) is 3.31. The first-order chi connectivity index (χ1) is 11.4. The molecule has 1 aromatic carbocycles. The van der Waals surface area contributed by atoms with E-state index in [1.165, 1.54) is 31.4 Å². The van der Waals surface area contributed by atoms with Gasteiger partial charge in [0.15, 0.2) is 0 Å². The SMILES string of the molecule is c1ccc(CCCCN2CC[C@H]3[C@H](C2)OCc2cnnn23)cc1. The van der Waals surface area contributed by atoms with Crippen LogP contribution in [0.3, 0.4) is 0 Å². The molecule has 0 radical (unpaired) electrons. The van der Waals surface area contributed by atoms with Crippen molar-refractivity contribution in [2.75, 3.05) is 19.6 Å². The van der Waals surface area contributed by atoms with Gasteiger partial charge >= 0.3 is 0 Å². The summed E-state index contributed by atoms with van der Waals surface area (Å²) in [4.78, 5) is 2.55. The van der Waals surface area contributed by atoms with Crippen LogP contribution in [-0.2, 0) is 17.8 Å². The first-order valence-electron chi connectivity index (χ1n) is 8.67. The van der Waals surface area contributed by atoms with E-state index in [-0.39, 0.29) is 6.10 Å². The second kappa shape index (κ2) is 6.81. The van der Waals surface area contributed by atoms with Crippen LogP contribution in [0.2, 0.25) is 0 Å². The fourth-order valence-corrected chi connectivity index (χ4v) is 3.76. The molecule has 0 saturated carbocycles. The minimum atomic E-state index is 0.270. The number of unbranched alkanes of at least 4 members (excludes halogenated alkanes) is 1. The predicted octanol–water partition coefficient (Wildman–Crippen LogP) is 2.45. The fourth-order valence-electron chi connectivity index (χ4n) is 3.76. The van der Waals surface area contributed by atoms with Crippen molar-refractivity contribution in [1.29, 1.82) is 0 Å². The maximum absolute atomic E-state index is 6.03. The van der Waals surface area contributed by atoms with Crippen LogP contribution in [0.15, 0.2) is 36.5 Å². The Bertz CT molecular complexity index is 627. The highest BCUT2D eigenvalue weighted by molar-refractivity contribution is 5.14. The summed E-state index contributed by atoms with van der Waals surface area (Å²) in [6.45, 7) is 3.98. The summed E-state index contributed by atoms with van der Waals surface area (Å²) in [6.07, 6.45) is 6.89. The highest BCUT2D eigenvalue weighted by Crippen LogP contribution is 2.30. The normalized spacial score (nSPS) is 24.2. The van der Waals surface area contributed by atoms with Crippen molar-refractivity contribution in [2.45, 2.75) is 44.4 Å². The van der Waals surface area contributed by atoms with Gasteiger partial charge in [-0.25, -0.2) is 4.68 Å². The molecule has 2 aliphatic heterocycles. The number of rotatable bonds is 5. The van der Waals surface area contributed by atoms with Crippen LogP contribution >= 0.6 is 0 Å². The molecule has 2 aliphatic rings. The zero-order valence-electron chi connectivity index (χ0n) is 13.5. The molecule has 122 valence electrons. The summed E-state index contributed by atoms with van der Waals surface area (Å²) in [7, 11) is 0. The van der Waals surface area contributed by atoms with Crippen LogP contribution in [-0.4, -0.2) is 45.6 Å². The molecule has 0 spiro atoms. The van der Waals surface area contributed by atoms with Gasteiger partial charge in [-0.3, -0.25) is 0 Å². The van der Waals surface area contributed by atoms with E-state index < -0.39 is 0 Å². The highest BCUT2D eigenvalue weighted by Gasteiger charge is 2.35. The Labute approximate surface area is 137 Å². The zero-order chi connectivity index (χ0) is 15.5. The van der Waals surface area contributed by atoms with Crippen LogP contribution in [0.5, 0.6) is 0 Å². The molecule has 2 atom stereocenters. The number of hydrogen-bond acceptors (Lipinski definition) is 4. The summed E-state index contributed by atoms with van der Waals surface area (Å²) in [6, 6.07) is 11.1. The summed E-state index contributed by atoms with van der Waals surface area (Å²) in [5.74, 6) is 0. The van der Waals surface area contributed by atoms with Gasteiger partial charge in [0, 0.05) is 13.1 Å². The number of aromatic nitrogens is 3. The molecule has 0 N–H and O–H groups in total. The van der Waals surface area contributed by atoms with Crippen molar-refractivity contribution in [1.82, 2.24) is 19.9 Å². The van der Waals surface area contributed by atoms with Gasteiger partial charge in [0.1, 0.15) is 0 Å². The van der Waals surface area contributed by atoms with Crippen molar-refractivity contribution < 1.29 is 4.74 Å². The molecule has 0 aliphatic carbocycles. The maximum Gasteiger partial charge on any atom is 0.0932 e. The van der Waals surface area contributed by atoms with E-state index in [4.69, 9.17) is 4.74 Å². The molecule has 0 bridgehead atoms. The molecule has 3 heterocycles. The van der Waals surface area contributed by atoms with Crippen molar-refractivity contribution in [3.8, 4) is 0 Å². The number of hydrogen-bond donors (Lipinski definition) is 0. The Balaban J connectivity index is 1.24. The van der Waals surface area contributed by atoms with E-state index in [9.17, 15) is 0 Å². The Morgan fingerprint density at radius 3 is 3.00 bits per heavy atom. The van der Waals surface area contributed by atoms with Gasteiger partial charge in [0.05, 0.1) is 30.6 Å². The second-order valence-electron chi connectivity index (χ2n) is 6.62. The summed E-state index contributed by atoms with van der Waals surface area (Å²) >= 11 is 0. The number of nitrogens with zero attached hydrogens (tertiary/aromatic N) is 4. The number of benzene rings is 1. The minimum Gasteiger partial charge on any atom is -0.368 e. The van der Waals surface area contributed by atoms with Gasteiger partial charge in [-0.05, 0) is 37.8 Å². The van der Waals surface area contributed by atoms with E-state index in [0.717, 1.165) is 25.2 Å². The maximum atomic E-state index is 6.03. The van der Waals surface area contributed by atoms with E-state index in [1.54, 1.807) is 0 Å². The van der Waals surface area contributed by atoms with Crippen molar-refractivity contribution >= 4 is 0 Å². The number of ether oxygens (including phenoxy) is 1. The van der Waals surface area contributed by atoms with Crippen LogP contribution in [0.1, 0.15) is 36.6 Å². The summed E-state index contributed by atoms with van der Waals surface area (Å²) < 4.78 is 8.11. The Morgan fingerprint density at radius 1 is 1.17 bits per heavy atom. The van der Waals surface area contributed by atoms with Crippen molar-refractivity contribution in [2.24, 2.45) is 0 Å². The lowest BCUT2D eigenvalue weighted by molar-refractivity contribution is -0.0689. The van der Waals surface area contributed by atoms with E-state index >= 15 is 0 Å². The first-order valence-corrected chi connectivity index (χ1v) is 8.67. The van der Waals surface area contributed by atoms with E-state index in [1.807, 2.05) is 6.20 Å². The Kier molecular flexibility index (Phi) is 4.39. The Hall–Kier alpha value is -1.72. The van der Waals surface area contributed by atoms with Gasteiger partial charge in [0.2, 0.25) is 0 Å². The first kappa shape index (κ1) is 14.8. The predicted molar refractivity (Wildman–Crippen MR) is 88.1 cm³/mol. The molecule has 2 aromatic rings. The molecule has 5 heteroatoms. The van der Waals surface area contributed by atoms with E-state index in [0.29, 0.717) is 12.6 Å². The largest absolute Gasteiger partial charge is 0.368 e. The molecule has 0 unspecified atom stereocenters. The van der Waals surface area contributed by atoms with Gasteiger partial charge in [-0.1, -0.05) is 35.5 Å². The monoisotopic (exact) mass is 312 g/mol. The number of fused-ring (bicyclic) bond motifs is 3. The van der Waals surface area contributed by atoms with E-state index in [2.05, 4.69) is 50.2 Å². The Morgan fingerprint density at radius 2 is 2.09 bits per heavy atom. The quantitative estimate of drug-likeness (QED) is 0.796. The minimum absolute atomic E-state index is 0.270. The molecule has 4 rings (SSSR count). The van der Waals surface area contributed by atoms with Gasteiger partial charge in [-0.2, -0.15) is 0 Å². The lowest BCUT2D eigenvalue weighted by Gasteiger charge is -2.41. The van der Waals surface area contributed by atoms with Gasteiger partial charge in [-0.15, -0.1) is 5.10 Å². The molecule has 5 nitrogen and oxygen atoms in total. The van der Waals surface area contributed by atoms with Crippen LogP contribution in [0.4, 0.5) is 0 Å². The van der Waals surface area contributed by atoms with Crippen molar-refractivity contribution in [3.05, 3.63) is 47.8 Å². The number of piperidine rings is 1. The van der Waals surface area contributed by atoms with Crippen LogP contribution < -0.4 is 0 Å². The molecule has 1 saturated heterocycles. The average molecular weight is 312 g/mol. The lowest BCUT2D eigenvalue weighted by Crippen LogP contribution is -2.48. The van der Waals surface area contributed by atoms with Gasteiger partial charge < -0.3 is 9.64 Å². The molecule has 1 aromatic heterocycles. The number of likely N-dealkylation sites (tertiary alicyclic amines) is 1. The highest BCUT2D eigenvalue weighted by atomic mass is 16.5. The van der Waals surface area contributed by atoms with Crippen LogP contribution in [0, 0.1) is 0 Å². The molecule has 0 amide bonds. The molecular weight excluding hydrogens is 288 g/mol. The molecule has 1 fully saturated rings. The fraction of sp³-hybridized carbons (Fsp3) is 0.556. The zero-order valence-corrected chi connectivity index (χ0v) is 13.5. The summed E-state index contributed by atoms with van der Waals surface area (Å²) in [5.41, 5.74) is 2.56.